The fraction of sp³-hybridized carbons (Fsp3) is 0.0952. The molecule has 0 unspecified atom stereocenters. The molecule has 1 aliphatic heterocycles. The first-order valence-corrected chi connectivity index (χ1v) is 8.49. The predicted octanol–water partition coefficient (Wildman–Crippen LogP) is 6.13. The Kier molecular flexibility index (Phi) is 4.65. The van der Waals surface area contributed by atoms with E-state index >= 15 is 0 Å². The first kappa shape index (κ1) is 17.9. The summed E-state index contributed by atoms with van der Waals surface area (Å²) in [6, 6.07) is 20.0. The van der Waals surface area contributed by atoms with Crippen LogP contribution in [0.1, 0.15) is 11.1 Å². The van der Waals surface area contributed by atoms with E-state index in [2.05, 4.69) is 10.3 Å². The summed E-state index contributed by atoms with van der Waals surface area (Å²) in [6.45, 7) is 0.147. The van der Waals surface area contributed by atoms with E-state index in [-0.39, 0.29) is 18.3 Å². The zero-order valence-corrected chi connectivity index (χ0v) is 14.5. The fourth-order valence-electron chi connectivity index (χ4n) is 2.67. The molecule has 0 amide bonds. The number of nitrogens with zero attached hydrogens (tertiary/aromatic N) is 1. The van der Waals surface area contributed by atoms with Crippen molar-refractivity contribution in [2.75, 3.05) is 5.32 Å². The number of fused-ring (bicyclic) bond motifs is 1. The van der Waals surface area contributed by atoms with Crippen LogP contribution in [-0.2, 0) is 17.5 Å². The van der Waals surface area contributed by atoms with Gasteiger partial charge in [-0.2, -0.15) is 18.2 Å². The Labute approximate surface area is 159 Å². The number of nitrogens with one attached hydrogen (secondary N) is 1. The van der Waals surface area contributed by atoms with Crippen LogP contribution in [0.4, 0.5) is 24.5 Å². The van der Waals surface area contributed by atoms with Crippen molar-refractivity contribution < 1.29 is 22.6 Å². The van der Waals surface area contributed by atoms with E-state index in [1.54, 1.807) is 24.3 Å². The maximum atomic E-state index is 12.9. The summed E-state index contributed by atoms with van der Waals surface area (Å²) in [7, 11) is 0. The molecule has 0 fully saturated rings. The summed E-state index contributed by atoms with van der Waals surface area (Å²) in [5.41, 5.74) is 0.783. The van der Waals surface area contributed by atoms with Crippen LogP contribution in [0.25, 0.3) is 0 Å². The van der Waals surface area contributed by atoms with Gasteiger partial charge in [0.25, 0.3) is 6.02 Å². The molecule has 0 spiro atoms. The van der Waals surface area contributed by atoms with Gasteiger partial charge in [0.2, 0.25) is 0 Å². The van der Waals surface area contributed by atoms with Crippen LogP contribution >= 0.6 is 0 Å². The van der Waals surface area contributed by atoms with Crippen molar-refractivity contribution in [2.24, 2.45) is 4.99 Å². The summed E-state index contributed by atoms with van der Waals surface area (Å²) in [5, 5.41) is 2.96. The zero-order chi connectivity index (χ0) is 19.6. The van der Waals surface area contributed by atoms with Crippen molar-refractivity contribution in [1.29, 1.82) is 0 Å². The minimum Gasteiger partial charge on any atom is -0.460 e. The number of hydrogen-bond acceptors (Lipinski definition) is 4. The molecule has 0 saturated heterocycles. The van der Waals surface area contributed by atoms with E-state index in [9.17, 15) is 13.2 Å². The molecule has 0 radical (unpaired) electrons. The third-order valence-corrected chi connectivity index (χ3v) is 4.08. The molecular formula is C21H15F3N2O2. The Morgan fingerprint density at radius 2 is 1.61 bits per heavy atom. The van der Waals surface area contributed by atoms with Gasteiger partial charge in [0.1, 0.15) is 18.1 Å². The topological polar surface area (TPSA) is 42.9 Å². The van der Waals surface area contributed by atoms with Gasteiger partial charge in [-0.15, -0.1) is 0 Å². The molecule has 1 heterocycles. The Morgan fingerprint density at radius 3 is 2.32 bits per heavy atom. The molecule has 1 N–H and O–H groups in total. The van der Waals surface area contributed by atoms with Gasteiger partial charge in [-0.05, 0) is 48.5 Å². The normalized spacial score (nSPS) is 13.2. The Hall–Kier alpha value is -3.48. The third kappa shape index (κ3) is 4.09. The second-order valence-electron chi connectivity index (χ2n) is 6.11. The average Bonchev–Trinajstić information content (AvgIpc) is 2.69. The maximum absolute atomic E-state index is 12.9. The highest BCUT2D eigenvalue weighted by Gasteiger charge is 2.31. The van der Waals surface area contributed by atoms with Gasteiger partial charge in [-0.25, -0.2) is 0 Å². The molecule has 0 saturated carbocycles. The van der Waals surface area contributed by atoms with Crippen LogP contribution in [0.3, 0.4) is 0 Å². The molecule has 0 aromatic heterocycles. The number of hydrogen-bond donors (Lipinski definition) is 1. The minimum atomic E-state index is -4.41. The molecule has 7 heteroatoms. The van der Waals surface area contributed by atoms with E-state index in [1.165, 1.54) is 6.07 Å². The standard InChI is InChI=1S/C21H15F3N2O2/c22-21(23,24)15-7-6-14-13-27-20(26-19(14)12-15)25-16-8-10-18(11-9-16)28-17-4-2-1-3-5-17/h1-12H,13H2,(H,25,26). The molecule has 0 atom stereocenters. The number of benzene rings is 3. The third-order valence-electron chi connectivity index (χ3n) is 4.08. The Balaban J connectivity index is 1.48. The second-order valence-corrected chi connectivity index (χ2v) is 6.11. The van der Waals surface area contributed by atoms with Gasteiger partial charge in [-0.1, -0.05) is 24.3 Å². The van der Waals surface area contributed by atoms with Gasteiger partial charge in [-0.3, -0.25) is 0 Å². The number of anilines is 1. The lowest BCUT2D eigenvalue weighted by atomic mass is 10.1. The van der Waals surface area contributed by atoms with Crippen molar-refractivity contribution in [3.05, 3.63) is 83.9 Å². The summed E-state index contributed by atoms with van der Waals surface area (Å²) in [4.78, 5) is 4.16. The number of alkyl halides is 3. The van der Waals surface area contributed by atoms with Crippen molar-refractivity contribution in [3.63, 3.8) is 0 Å². The lowest BCUT2D eigenvalue weighted by Crippen LogP contribution is -2.19. The maximum Gasteiger partial charge on any atom is 0.416 e. The van der Waals surface area contributed by atoms with Crippen LogP contribution in [0.15, 0.2) is 77.8 Å². The molecule has 4 nitrogen and oxygen atoms in total. The van der Waals surface area contributed by atoms with E-state index in [1.807, 2.05) is 30.3 Å². The number of amidine groups is 1. The lowest BCUT2D eigenvalue weighted by Gasteiger charge is -2.19. The highest BCUT2D eigenvalue weighted by atomic mass is 19.4. The van der Waals surface area contributed by atoms with Crippen LogP contribution in [0.5, 0.6) is 11.5 Å². The van der Waals surface area contributed by atoms with Gasteiger partial charge in [0, 0.05) is 11.3 Å². The minimum absolute atomic E-state index is 0.142. The number of rotatable bonds is 3. The van der Waals surface area contributed by atoms with Crippen LogP contribution in [0.2, 0.25) is 0 Å². The predicted molar refractivity (Wildman–Crippen MR) is 99.9 cm³/mol. The number of para-hydroxylation sites is 1. The number of ether oxygens (including phenoxy) is 2. The monoisotopic (exact) mass is 384 g/mol. The quantitative estimate of drug-likeness (QED) is 0.591. The van der Waals surface area contributed by atoms with Crippen LogP contribution in [-0.4, -0.2) is 6.02 Å². The molecule has 3 aromatic carbocycles. The van der Waals surface area contributed by atoms with E-state index in [0.717, 1.165) is 17.9 Å². The summed E-state index contributed by atoms with van der Waals surface area (Å²) < 4.78 is 49.9. The fourth-order valence-corrected chi connectivity index (χ4v) is 2.67. The van der Waals surface area contributed by atoms with E-state index < -0.39 is 11.7 Å². The summed E-state index contributed by atoms with van der Waals surface area (Å²) in [6.07, 6.45) is -4.41. The average molecular weight is 384 g/mol. The van der Waals surface area contributed by atoms with Gasteiger partial charge >= 0.3 is 6.18 Å². The van der Waals surface area contributed by atoms with Crippen molar-refractivity contribution in [1.82, 2.24) is 0 Å². The van der Waals surface area contributed by atoms with Crippen LogP contribution < -0.4 is 10.1 Å². The first-order chi connectivity index (χ1) is 13.5. The molecule has 28 heavy (non-hydrogen) atoms. The van der Waals surface area contributed by atoms with Crippen molar-refractivity contribution in [2.45, 2.75) is 12.8 Å². The smallest absolute Gasteiger partial charge is 0.416 e. The first-order valence-electron chi connectivity index (χ1n) is 8.49. The molecule has 4 rings (SSSR count). The summed E-state index contributed by atoms with van der Waals surface area (Å²) in [5.74, 6) is 1.38. The lowest BCUT2D eigenvalue weighted by molar-refractivity contribution is -0.137. The molecule has 0 aliphatic carbocycles. The van der Waals surface area contributed by atoms with Crippen molar-refractivity contribution in [3.8, 4) is 11.5 Å². The highest BCUT2D eigenvalue weighted by molar-refractivity contribution is 5.92. The molecule has 1 aliphatic rings. The zero-order valence-electron chi connectivity index (χ0n) is 14.5. The molecule has 3 aromatic rings. The SMILES string of the molecule is FC(F)(F)c1ccc2c(c1)N=C(Nc1ccc(Oc3ccccc3)cc1)OC2. The number of aliphatic imine (C=N–C) groups is 1. The van der Waals surface area contributed by atoms with E-state index in [4.69, 9.17) is 9.47 Å². The van der Waals surface area contributed by atoms with Gasteiger partial charge in [0.15, 0.2) is 0 Å². The van der Waals surface area contributed by atoms with Gasteiger partial charge < -0.3 is 14.8 Å². The highest BCUT2D eigenvalue weighted by Crippen LogP contribution is 2.35. The van der Waals surface area contributed by atoms with E-state index in [0.29, 0.717) is 17.0 Å². The number of halogens is 3. The van der Waals surface area contributed by atoms with Crippen molar-refractivity contribution >= 4 is 17.4 Å². The Bertz CT molecular complexity index is 1000. The van der Waals surface area contributed by atoms with Gasteiger partial charge in [0.05, 0.1) is 11.3 Å². The second kappa shape index (κ2) is 7.26. The summed E-state index contributed by atoms with van der Waals surface area (Å²) >= 11 is 0. The molecular weight excluding hydrogens is 369 g/mol. The largest absolute Gasteiger partial charge is 0.460 e. The molecule has 142 valence electrons. The van der Waals surface area contributed by atoms with Crippen LogP contribution in [0, 0.1) is 0 Å². The molecule has 0 bridgehead atoms. The Morgan fingerprint density at radius 1 is 0.893 bits per heavy atom.